The number of anilines is 1. The van der Waals surface area contributed by atoms with E-state index in [1.807, 2.05) is 0 Å². The van der Waals surface area contributed by atoms with Gasteiger partial charge in [-0.3, -0.25) is 4.79 Å². The lowest BCUT2D eigenvalue weighted by Crippen LogP contribution is -2.40. The molecule has 1 aromatic heterocycles. The summed E-state index contributed by atoms with van der Waals surface area (Å²) in [5.74, 6) is 0.595. The summed E-state index contributed by atoms with van der Waals surface area (Å²) in [5.41, 5.74) is 0.281. The van der Waals surface area contributed by atoms with Gasteiger partial charge in [-0.05, 0) is 38.6 Å². The van der Waals surface area contributed by atoms with Crippen molar-refractivity contribution in [2.45, 2.75) is 44.7 Å². The van der Waals surface area contributed by atoms with Gasteiger partial charge in [-0.2, -0.15) is 5.10 Å². The average Bonchev–Trinajstić information content (AvgIpc) is 2.79. The Labute approximate surface area is 123 Å². The molecule has 2 N–H and O–H groups in total. The molecule has 1 saturated carbocycles. The number of hydrogen-bond donors (Lipinski definition) is 2. The van der Waals surface area contributed by atoms with Crippen molar-refractivity contribution in [3.63, 3.8) is 0 Å². The first kappa shape index (κ1) is 13.9. The molecule has 1 unspecified atom stereocenters. The minimum Gasteiger partial charge on any atom is -0.373 e. The predicted molar refractivity (Wildman–Crippen MR) is 80.4 cm³/mol. The van der Waals surface area contributed by atoms with Crippen molar-refractivity contribution < 1.29 is 0 Å². The van der Waals surface area contributed by atoms with Crippen molar-refractivity contribution in [3.05, 3.63) is 21.6 Å². The fraction of sp³-hybridized carbons (Fsp3) is 0.714. The first-order chi connectivity index (χ1) is 9.57. The van der Waals surface area contributed by atoms with Crippen LogP contribution in [0.1, 0.15) is 32.6 Å². The van der Waals surface area contributed by atoms with Gasteiger partial charge >= 0.3 is 0 Å². The standard InChI is InChI=1S/C14H21ClN4O/c1-14(5-6-16-9-14)18-12-11(15)7-17-19(13(12)20)8-10-3-2-4-10/h7,10,16,18H,2-6,8-9H2,1H3. The fourth-order valence-corrected chi connectivity index (χ4v) is 3.03. The zero-order valence-electron chi connectivity index (χ0n) is 11.8. The second kappa shape index (κ2) is 5.37. The number of nitrogens with zero attached hydrogens (tertiary/aromatic N) is 2. The number of nitrogens with one attached hydrogen (secondary N) is 2. The number of hydrogen-bond acceptors (Lipinski definition) is 4. The van der Waals surface area contributed by atoms with Crippen molar-refractivity contribution in [1.82, 2.24) is 15.1 Å². The second-order valence-corrected chi connectivity index (χ2v) is 6.67. The van der Waals surface area contributed by atoms with Crippen LogP contribution in [0.5, 0.6) is 0 Å². The summed E-state index contributed by atoms with van der Waals surface area (Å²) in [6, 6.07) is 0. The molecule has 2 aliphatic rings. The highest BCUT2D eigenvalue weighted by Gasteiger charge is 2.30. The Morgan fingerprint density at radius 2 is 2.40 bits per heavy atom. The molecule has 20 heavy (non-hydrogen) atoms. The Morgan fingerprint density at radius 3 is 3.00 bits per heavy atom. The van der Waals surface area contributed by atoms with Gasteiger partial charge in [0.15, 0.2) is 0 Å². The van der Waals surface area contributed by atoms with E-state index >= 15 is 0 Å². The van der Waals surface area contributed by atoms with Gasteiger partial charge in [0.1, 0.15) is 5.69 Å². The van der Waals surface area contributed by atoms with Crippen molar-refractivity contribution in [2.24, 2.45) is 5.92 Å². The summed E-state index contributed by atoms with van der Waals surface area (Å²) in [6.07, 6.45) is 6.22. The third kappa shape index (κ3) is 2.69. The van der Waals surface area contributed by atoms with E-state index in [9.17, 15) is 4.79 Å². The van der Waals surface area contributed by atoms with E-state index in [0.29, 0.717) is 23.2 Å². The van der Waals surface area contributed by atoms with Crippen LogP contribution in [-0.4, -0.2) is 28.4 Å². The lowest BCUT2D eigenvalue weighted by Gasteiger charge is -2.28. The molecule has 1 aliphatic heterocycles. The molecule has 3 rings (SSSR count). The highest BCUT2D eigenvalue weighted by atomic mass is 35.5. The first-order valence-electron chi connectivity index (χ1n) is 7.32. The predicted octanol–water partition coefficient (Wildman–Crippen LogP) is 1.86. The normalized spacial score (nSPS) is 26.5. The molecule has 0 aromatic carbocycles. The third-order valence-electron chi connectivity index (χ3n) is 4.45. The van der Waals surface area contributed by atoms with Gasteiger partial charge in [0.05, 0.1) is 11.2 Å². The fourth-order valence-electron chi connectivity index (χ4n) is 2.86. The molecule has 6 heteroatoms. The molecule has 0 spiro atoms. The van der Waals surface area contributed by atoms with Gasteiger partial charge in [0, 0.05) is 18.6 Å². The van der Waals surface area contributed by atoms with E-state index in [1.54, 1.807) is 10.9 Å². The highest BCUT2D eigenvalue weighted by molar-refractivity contribution is 6.33. The van der Waals surface area contributed by atoms with E-state index < -0.39 is 0 Å². The Morgan fingerprint density at radius 1 is 1.60 bits per heavy atom. The number of rotatable bonds is 4. The first-order valence-corrected chi connectivity index (χ1v) is 7.70. The van der Waals surface area contributed by atoms with Crippen LogP contribution in [0, 0.1) is 5.92 Å². The van der Waals surface area contributed by atoms with Crippen LogP contribution in [0.4, 0.5) is 5.69 Å². The smallest absolute Gasteiger partial charge is 0.291 e. The van der Waals surface area contributed by atoms with Crippen molar-refractivity contribution in [3.8, 4) is 0 Å². The average molecular weight is 297 g/mol. The Bertz CT molecular complexity index is 547. The molecule has 110 valence electrons. The van der Waals surface area contributed by atoms with Gasteiger partial charge in [0.25, 0.3) is 5.56 Å². The molecule has 5 nitrogen and oxygen atoms in total. The summed E-state index contributed by atoms with van der Waals surface area (Å²) in [5, 5.41) is 11.2. The molecule has 0 radical (unpaired) electrons. The molecule has 1 aliphatic carbocycles. The lowest BCUT2D eigenvalue weighted by molar-refractivity contribution is 0.262. The van der Waals surface area contributed by atoms with Gasteiger partial charge in [-0.25, -0.2) is 4.68 Å². The van der Waals surface area contributed by atoms with Gasteiger partial charge in [-0.1, -0.05) is 18.0 Å². The molecule has 0 amide bonds. The van der Waals surface area contributed by atoms with Crippen LogP contribution >= 0.6 is 11.6 Å². The van der Waals surface area contributed by atoms with E-state index in [1.165, 1.54) is 19.3 Å². The molecular formula is C14H21ClN4O. The zero-order chi connectivity index (χ0) is 14.2. The molecule has 2 fully saturated rings. The Balaban J connectivity index is 1.84. The lowest BCUT2D eigenvalue weighted by atomic mass is 9.85. The summed E-state index contributed by atoms with van der Waals surface area (Å²) in [7, 11) is 0. The van der Waals surface area contributed by atoms with Crippen LogP contribution in [0.2, 0.25) is 5.02 Å². The van der Waals surface area contributed by atoms with Crippen LogP contribution in [-0.2, 0) is 6.54 Å². The maximum absolute atomic E-state index is 12.5. The largest absolute Gasteiger partial charge is 0.373 e. The van der Waals surface area contributed by atoms with E-state index in [2.05, 4.69) is 22.7 Å². The maximum Gasteiger partial charge on any atom is 0.291 e. The van der Waals surface area contributed by atoms with Gasteiger partial charge < -0.3 is 10.6 Å². The van der Waals surface area contributed by atoms with Gasteiger partial charge in [-0.15, -0.1) is 0 Å². The molecule has 0 bridgehead atoms. The van der Waals surface area contributed by atoms with Crippen LogP contribution in [0.25, 0.3) is 0 Å². The topological polar surface area (TPSA) is 59.0 Å². The Hall–Kier alpha value is -1.07. The molecule has 1 saturated heterocycles. The summed E-state index contributed by atoms with van der Waals surface area (Å²) in [6.45, 7) is 4.62. The second-order valence-electron chi connectivity index (χ2n) is 6.26. The Kier molecular flexibility index (Phi) is 3.73. The summed E-state index contributed by atoms with van der Waals surface area (Å²) >= 11 is 6.17. The van der Waals surface area contributed by atoms with Crippen LogP contribution in [0.15, 0.2) is 11.0 Å². The molecular weight excluding hydrogens is 276 g/mol. The van der Waals surface area contributed by atoms with Crippen molar-refractivity contribution >= 4 is 17.3 Å². The number of aromatic nitrogens is 2. The molecule has 1 atom stereocenters. The van der Waals surface area contributed by atoms with Crippen LogP contribution < -0.4 is 16.2 Å². The minimum absolute atomic E-state index is 0.0995. The quantitative estimate of drug-likeness (QED) is 0.890. The van der Waals surface area contributed by atoms with Gasteiger partial charge in [0.2, 0.25) is 0 Å². The zero-order valence-corrected chi connectivity index (χ0v) is 12.5. The summed E-state index contributed by atoms with van der Waals surface area (Å²) < 4.78 is 1.56. The van der Waals surface area contributed by atoms with E-state index in [4.69, 9.17) is 11.6 Å². The summed E-state index contributed by atoms with van der Waals surface area (Å²) in [4.78, 5) is 12.5. The van der Waals surface area contributed by atoms with E-state index in [0.717, 1.165) is 19.5 Å². The van der Waals surface area contributed by atoms with E-state index in [-0.39, 0.29) is 11.1 Å². The monoisotopic (exact) mass is 296 g/mol. The maximum atomic E-state index is 12.5. The van der Waals surface area contributed by atoms with Crippen LogP contribution in [0.3, 0.4) is 0 Å². The molecule has 2 heterocycles. The van der Waals surface area contributed by atoms with Crippen molar-refractivity contribution in [2.75, 3.05) is 18.4 Å². The number of halogens is 1. The highest BCUT2D eigenvalue weighted by Crippen LogP contribution is 2.28. The SMILES string of the molecule is CC1(Nc2c(Cl)cnn(CC3CCC3)c2=O)CCNC1. The third-order valence-corrected chi connectivity index (χ3v) is 4.74. The minimum atomic E-state index is -0.113. The van der Waals surface area contributed by atoms with Crippen molar-refractivity contribution in [1.29, 1.82) is 0 Å². The molecule has 1 aromatic rings.